The van der Waals surface area contributed by atoms with E-state index < -0.39 is 0 Å². The lowest BCUT2D eigenvalue weighted by molar-refractivity contribution is 0.401. The fourth-order valence-corrected chi connectivity index (χ4v) is 3.04. The van der Waals surface area contributed by atoms with Crippen LogP contribution >= 0.6 is 23.2 Å². The van der Waals surface area contributed by atoms with Gasteiger partial charge in [-0.2, -0.15) is 0 Å². The lowest BCUT2D eigenvalue weighted by atomic mass is 9.94. The Hall–Kier alpha value is -1.26. The van der Waals surface area contributed by atoms with E-state index >= 15 is 0 Å². The molecule has 0 saturated carbocycles. The molecule has 0 aromatic heterocycles. The van der Waals surface area contributed by atoms with Gasteiger partial charge in [-0.05, 0) is 37.1 Å². The Morgan fingerprint density at radius 2 is 1.71 bits per heavy atom. The zero-order valence-electron chi connectivity index (χ0n) is 12.2. The highest BCUT2D eigenvalue weighted by Crippen LogP contribution is 2.39. The van der Waals surface area contributed by atoms with Gasteiger partial charge >= 0.3 is 0 Å². The molecule has 2 aromatic carbocycles. The van der Waals surface area contributed by atoms with E-state index in [0.717, 1.165) is 28.0 Å². The Kier molecular flexibility index (Phi) is 5.12. The molecule has 0 aliphatic carbocycles. The standard InChI is InChI=1S/C16H18Cl2N2O/c1-9-7-8-11(16(21-3)10(9)2)15(20-19)14-12(17)5-4-6-13(14)18/h4-8,15,20H,19H2,1-3H3. The van der Waals surface area contributed by atoms with E-state index in [1.54, 1.807) is 25.3 Å². The van der Waals surface area contributed by atoms with Crippen molar-refractivity contribution in [3.63, 3.8) is 0 Å². The van der Waals surface area contributed by atoms with E-state index in [1.165, 1.54) is 0 Å². The lowest BCUT2D eigenvalue weighted by Gasteiger charge is -2.23. The van der Waals surface area contributed by atoms with Gasteiger partial charge in [-0.1, -0.05) is 41.4 Å². The van der Waals surface area contributed by atoms with Crippen LogP contribution in [0.25, 0.3) is 0 Å². The van der Waals surface area contributed by atoms with Crippen molar-refractivity contribution in [2.24, 2.45) is 5.84 Å². The number of benzene rings is 2. The van der Waals surface area contributed by atoms with Gasteiger partial charge in [0, 0.05) is 21.2 Å². The molecule has 0 heterocycles. The lowest BCUT2D eigenvalue weighted by Crippen LogP contribution is -2.29. The fourth-order valence-electron chi connectivity index (χ4n) is 2.42. The zero-order valence-corrected chi connectivity index (χ0v) is 13.7. The van der Waals surface area contributed by atoms with Gasteiger partial charge in [-0.3, -0.25) is 5.84 Å². The van der Waals surface area contributed by atoms with Gasteiger partial charge in [0.05, 0.1) is 13.2 Å². The van der Waals surface area contributed by atoms with E-state index in [1.807, 2.05) is 26.0 Å². The maximum atomic E-state index is 6.30. The van der Waals surface area contributed by atoms with Gasteiger partial charge in [0.2, 0.25) is 0 Å². The average molecular weight is 325 g/mol. The van der Waals surface area contributed by atoms with Crippen molar-refractivity contribution in [3.8, 4) is 5.75 Å². The number of rotatable bonds is 4. The van der Waals surface area contributed by atoms with Crippen LogP contribution in [0.2, 0.25) is 10.0 Å². The van der Waals surface area contributed by atoms with Crippen LogP contribution in [0.15, 0.2) is 30.3 Å². The Balaban J connectivity index is 2.65. The molecule has 1 atom stereocenters. The van der Waals surface area contributed by atoms with Crippen LogP contribution in [0, 0.1) is 13.8 Å². The monoisotopic (exact) mass is 324 g/mol. The van der Waals surface area contributed by atoms with Gasteiger partial charge in [-0.15, -0.1) is 0 Å². The zero-order chi connectivity index (χ0) is 15.6. The van der Waals surface area contributed by atoms with Crippen LogP contribution in [0.4, 0.5) is 0 Å². The third-order valence-corrected chi connectivity index (χ3v) is 4.34. The van der Waals surface area contributed by atoms with Gasteiger partial charge in [0.15, 0.2) is 0 Å². The summed E-state index contributed by atoms with van der Waals surface area (Å²) >= 11 is 12.6. The predicted octanol–water partition coefficient (Wildman–Crippen LogP) is 4.17. The first-order valence-electron chi connectivity index (χ1n) is 6.55. The molecule has 0 aliphatic rings. The highest BCUT2D eigenvalue weighted by atomic mass is 35.5. The molecule has 21 heavy (non-hydrogen) atoms. The van der Waals surface area contributed by atoms with Crippen molar-refractivity contribution in [2.75, 3.05) is 7.11 Å². The van der Waals surface area contributed by atoms with Crippen molar-refractivity contribution in [1.29, 1.82) is 0 Å². The molecule has 0 bridgehead atoms. The van der Waals surface area contributed by atoms with E-state index in [9.17, 15) is 0 Å². The second kappa shape index (κ2) is 6.67. The quantitative estimate of drug-likeness (QED) is 0.655. The number of hydrogen-bond donors (Lipinski definition) is 2. The number of aryl methyl sites for hydroxylation is 1. The normalized spacial score (nSPS) is 12.3. The highest BCUT2D eigenvalue weighted by Gasteiger charge is 2.23. The molecule has 1 unspecified atom stereocenters. The van der Waals surface area contributed by atoms with Gasteiger partial charge in [0.1, 0.15) is 5.75 Å². The number of ether oxygens (including phenoxy) is 1. The summed E-state index contributed by atoms with van der Waals surface area (Å²) in [4.78, 5) is 0. The minimum absolute atomic E-state index is 0.347. The smallest absolute Gasteiger partial charge is 0.127 e. The largest absolute Gasteiger partial charge is 0.496 e. The fraction of sp³-hybridized carbons (Fsp3) is 0.250. The molecule has 2 aromatic rings. The summed E-state index contributed by atoms with van der Waals surface area (Å²) in [7, 11) is 1.65. The van der Waals surface area contributed by atoms with Crippen molar-refractivity contribution < 1.29 is 4.74 Å². The first-order valence-corrected chi connectivity index (χ1v) is 7.31. The summed E-state index contributed by atoms with van der Waals surface area (Å²) in [6.07, 6.45) is 0. The topological polar surface area (TPSA) is 47.3 Å². The SMILES string of the molecule is COc1c(C(NN)c2c(Cl)cccc2Cl)ccc(C)c1C. The molecule has 0 aliphatic heterocycles. The Morgan fingerprint density at radius 1 is 1.10 bits per heavy atom. The number of hydrazine groups is 1. The summed E-state index contributed by atoms with van der Waals surface area (Å²) in [5, 5.41) is 1.12. The molecule has 2 rings (SSSR count). The van der Waals surface area contributed by atoms with Crippen LogP contribution in [0.5, 0.6) is 5.75 Å². The summed E-state index contributed by atoms with van der Waals surface area (Å²) in [6.45, 7) is 4.05. The molecule has 0 fully saturated rings. The molecule has 0 radical (unpaired) electrons. The highest BCUT2D eigenvalue weighted by molar-refractivity contribution is 6.36. The maximum Gasteiger partial charge on any atom is 0.127 e. The van der Waals surface area contributed by atoms with Crippen LogP contribution in [0.1, 0.15) is 28.3 Å². The van der Waals surface area contributed by atoms with Crippen LogP contribution in [-0.4, -0.2) is 7.11 Å². The number of hydrogen-bond acceptors (Lipinski definition) is 3. The van der Waals surface area contributed by atoms with E-state index in [4.69, 9.17) is 33.8 Å². The Labute approximate surface area is 135 Å². The molecular formula is C16H18Cl2N2O. The van der Waals surface area contributed by atoms with Crippen LogP contribution < -0.4 is 16.0 Å². The molecule has 112 valence electrons. The maximum absolute atomic E-state index is 6.30. The number of nitrogens with two attached hydrogens (primary N) is 1. The molecule has 5 heteroatoms. The number of methoxy groups -OCH3 is 1. The molecular weight excluding hydrogens is 307 g/mol. The van der Waals surface area contributed by atoms with E-state index in [2.05, 4.69) is 5.43 Å². The molecule has 0 saturated heterocycles. The second-order valence-corrected chi connectivity index (χ2v) is 5.68. The van der Waals surface area contributed by atoms with E-state index in [0.29, 0.717) is 10.0 Å². The molecule has 0 amide bonds. The molecule has 3 nitrogen and oxygen atoms in total. The average Bonchev–Trinajstić information content (AvgIpc) is 2.46. The minimum atomic E-state index is -0.347. The summed E-state index contributed by atoms with van der Waals surface area (Å²) in [5.74, 6) is 6.55. The summed E-state index contributed by atoms with van der Waals surface area (Å²) in [5.41, 5.74) is 6.65. The third-order valence-electron chi connectivity index (χ3n) is 3.68. The van der Waals surface area contributed by atoms with Crippen molar-refractivity contribution in [1.82, 2.24) is 5.43 Å². The first-order chi connectivity index (χ1) is 10.0. The second-order valence-electron chi connectivity index (χ2n) is 4.86. The third kappa shape index (κ3) is 3.01. The van der Waals surface area contributed by atoms with Crippen LogP contribution in [0.3, 0.4) is 0 Å². The summed E-state index contributed by atoms with van der Waals surface area (Å²) in [6, 6.07) is 9.05. The van der Waals surface area contributed by atoms with Gasteiger partial charge < -0.3 is 4.74 Å². The number of halogens is 2. The minimum Gasteiger partial charge on any atom is -0.496 e. The Bertz CT molecular complexity index is 639. The predicted molar refractivity (Wildman–Crippen MR) is 88.1 cm³/mol. The van der Waals surface area contributed by atoms with Gasteiger partial charge in [-0.25, -0.2) is 5.43 Å². The molecule has 3 N–H and O–H groups in total. The van der Waals surface area contributed by atoms with Crippen molar-refractivity contribution in [3.05, 3.63) is 62.6 Å². The Morgan fingerprint density at radius 3 is 2.24 bits per heavy atom. The molecule has 0 spiro atoms. The van der Waals surface area contributed by atoms with E-state index in [-0.39, 0.29) is 6.04 Å². The first kappa shape index (κ1) is 16.1. The number of nitrogens with one attached hydrogen (secondary N) is 1. The van der Waals surface area contributed by atoms with Crippen molar-refractivity contribution >= 4 is 23.2 Å². The van der Waals surface area contributed by atoms with Gasteiger partial charge in [0.25, 0.3) is 0 Å². The summed E-state index contributed by atoms with van der Waals surface area (Å²) < 4.78 is 5.56. The van der Waals surface area contributed by atoms with Crippen molar-refractivity contribution in [2.45, 2.75) is 19.9 Å². The van der Waals surface area contributed by atoms with Crippen LogP contribution in [-0.2, 0) is 0 Å².